The lowest BCUT2D eigenvalue weighted by Gasteiger charge is -2.24. The highest BCUT2D eigenvalue weighted by Crippen LogP contribution is 2.20. The van der Waals surface area contributed by atoms with E-state index in [0.717, 1.165) is 6.07 Å². The maximum atomic E-state index is 13.4. The zero-order chi connectivity index (χ0) is 12.3. The van der Waals surface area contributed by atoms with Crippen LogP contribution in [0, 0.1) is 11.6 Å². The monoisotopic (exact) mass is 229 g/mol. The Morgan fingerprint density at radius 3 is 2.50 bits per heavy atom. The summed E-state index contributed by atoms with van der Waals surface area (Å²) in [4.78, 5) is 1.87. The highest BCUT2D eigenvalue weighted by Gasteiger charge is 2.18. The lowest BCUT2D eigenvalue weighted by atomic mass is 10.1. The molecule has 0 aromatic heterocycles. The molecule has 0 saturated carbocycles. The Balaban J connectivity index is 2.80. The second-order valence-electron chi connectivity index (χ2n) is 4.19. The van der Waals surface area contributed by atoms with E-state index in [2.05, 4.69) is 0 Å². The van der Waals surface area contributed by atoms with Crippen LogP contribution in [0.3, 0.4) is 0 Å². The van der Waals surface area contributed by atoms with E-state index in [0.29, 0.717) is 0 Å². The van der Waals surface area contributed by atoms with Crippen molar-refractivity contribution < 1.29 is 13.9 Å². The average Bonchev–Trinajstić information content (AvgIpc) is 2.21. The Morgan fingerprint density at radius 2 is 1.94 bits per heavy atom. The Hall–Kier alpha value is -1.00. The number of aliphatic hydroxyl groups is 1. The zero-order valence-corrected chi connectivity index (χ0v) is 9.74. The van der Waals surface area contributed by atoms with Crippen molar-refractivity contribution in [3.63, 3.8) is 0 Å². The summed E-state index contributed by atoms with van der Waals surface area (Å²) in [7, 11) is 1.82. The number of hydrogen-bond donors (Lipinski definition) is 1. The van der Waals surface area contributed by atoms with Crippen LogP contribution >= 0.6 is 0 Å². The van der Waals surface area contributed by atoms with Crippen molar-refractivity contribution in [3.8, 4) is 0 Å². The maximum absolute atomic E-state index is 13.4. The molecule has 0 amide bonds. The first kappa shape index (κ1) is 13.1. The average molecular weight is 229 g/mol. The van der Waals surface area contributed by atoms with Crippen molar-refractivity contribution in [3.05, 3.63) is 35.4 Å². The minimum absolute atomic E-state index is 0.00694. The van der Waals surface area contributed by atoms with Gasteiger partial charge in [-0.05, 0) is 27.0 Å². The number of hydrogen-bond acceptors (Lipinski definition) is 2. The SMILES string of the molecule is CC(C)N(C)CC(O)c1cccc(F)c1F. The van der Waals surface area contributed by atoms with Gasteiger partial charge in [0.1, 0.15) is 0 Å². The van der Waals surface area contributed by atoms with Crippen molar-refractivity contribution in [2.45, 2.75) is 26.0 Å². The summed E-state index contributed by atoms with van der Waals surface area (Å²) in [6.07, 6.45) is -1.01. The van der Waals surface area contributed by atoms with Crippen molar-refractivity contribution in [1.82, 2.24) is 4.90 Å². The maximum Gasteiger partial charge on any atom is 0.164 e. The van der Waals surface area contributed by atoms with Gasteiger partial charge in [0.05, 0.1) is 6.10 Å². The summed E-state index contributed by atoms with van der Waals surface area (Å²) < 4.78 is 26.3. The highest BCUT2D eigenvalue weighted by molar-refractivity contribution is 5.21. The summed E-state index contributed by atoms with van der Waals surface area (Å²) in [5.74, 6) is -1.89. The molecule has 0 spiro atoms. The normalized spacial score (nSPS) is 13.5. The minimum atomic E-state index is -1.01. The summed E-state index contributed by atoms with van der Waals surface area (Å²) >= 11 is 0. The summed E-state index contributed by atoms with van der Waals surface area (Å²) in [5, 5.41) is 9.80. The third-order valence-corrected chi connectivity index (χ3v) is 2.68. The van der Waals surface area contributed by atoms with Crippen LogP contribution in [-0.4, -0.2) is 29.6 Å². The van der Waals surface area contributed by atoms with Crippen LogP contribution in [0.15, 0.2) is 18.2 Å². The molecule has 0 saturated heterocycles. The van der Waals surface area contributed by atoms with Gasteiger partial charge in [-0.3, -0.25) is 0 Å². The number of aliphatic hydroxyl groups excluding tert-OH is 1. The van der Waals surface area contributed by atoms with E-state index in [9.17, 15) is 13.9 Å². The fourth-order valence-electron chi connectivity index (χ4n) is 1.36. The molecular formula is C12H17F2NO. The summed E-state index contributed by atoms with van der Waals surface area (Å²) in [5.41, 5.74) is 0.00694. The van der Waals surface area contributed by atoms with Gasteiger partial charge in [-0.2, -0.15) is 0 Å². The van der Waals surface area contributed by atoms with E-state index in [4.69, 9.17) is 0 Å². The number of benzene rings is 1. The number of rotatable bonds is 4. The van der Waals surface area contributed by atoms with Crippen molar-refractivity contribution >= 4 is 0 Å². The third kappa shape index (κ3) is 3.00. The number of nitrogens with zero attached hydrogens (tertiary/aromatic N) is 1. The lowest BCUT2D eigenvalue weighted by Crippen LogP contribution is -2.31. The van der Waals surface area contributed by atoms with Crippen LogP contribution in [-0.2, 0) is 0 Å². The van der Waals surface area contributed by atoms with Crippen molar-refractivity contribution in [2.24, 2.45) is 0 Å². The van der Waals surface area contributed by atoms with E-state index in [-0.39, 0.29) is 18.2 Å². The van der Waals surface area contributed by atoms with Crippen molar-refractivity contribution in [1.29, 1.82) is 0 Å². The molecule has 0 aliphatic carbocycles. The largest absolute Gasteiger partial charge is 0.387 e. The Morgan fingerprint density at radius 1 is 1.31 bits per heavy atom. The molecule has 0 aliphatic heterocycles. The first-order chi connectivity index (χ1) is 7.43. The van der Waals surface area contributed by atoms with Crippen LogP contribution in [0.1, 0.15) is 25.5 Å². The molecule has 2 nitrogen and oxygen atoms in total. The fraction of sp³-hybridized carbons (Fsp3) is 0.500. The van der Waals surface area contributed by atoms with E-state index in [1.54, 1.807) is 0 Å². The van der Waals surface area contributed by atoms with Crippen LogP contribution in [0.25, 0.3) is 0 Å². The first-order valence-electron chi connectivity index (χ1n) is 5.25. The molecule has 0 radical (unpaired) electrons. The van der Waals surface area contributed by atoms with Gasteiger partial charge in [0.2, 0.25) is 0 Å². The van der Waals surface area contributed by atoms with Gasteiger partial charge in [0.15, 0.2) is 11.6 Å². The van der Waals surface area contributed by atoms with Crippen LogP contribution in [0.5, 0.6) is 0 Å². The van der Waals surface area contributed by atoms with Crippen molar-refractivity contribution in [2.75, 3.05) is 13.6 Å². The molecule has 16 heavy (non-hydrogen) atoms. The zero-order valence-electron chi connectivity index (χ0n) is 9.74. The van der Waals surface area contributed by atoms with Crippen LogP contribution in [0.4, 0.5) is 8.78 Å². The molecule has 0 bridgehead atoms. The predicted molar refractivity (Wildman–Crippen MR) is 59.1 cm³/mol. The van der Waals surface area contributed by atoms with Gasteiger partial charge in [0, 0.05) is 18.2 Å². The molecule has 1 rings (SSSR count). The van der Waals surface area contributed by atoms with Gasteiger partial charge >= 0.3 is 0 Å². The molecule has 0 heterocycles. The second-order valence-corrected chi connectivity index (χ2v) is 4.19. The molecule has 0 fully saturated rings. The van der Waals surface area contributed by atoms with E-state index < -0.39 is 17.7 Å². The topological polar surface area (TPSA) is 23.5 Å². The molecule has 1 N–H and O–H groups in total. The van der Waals surface area contributed by atoms with Crippen LogP contribution in [0.2, 0.25) is 0 Å². The standard InChI is InChI=1S/C12H17F2NO/c1-8(2)15(3)7-11(16)9-5-4-6-10(13)12(9)14/h4-6,8,11,16H,7H2,1-3H3. The Bertz CT molecular complexity index is 355. The summed E-state index contributed by atoms with van der Waals surface area (Å²) in [6.45, 7) is 4.21. The van der Waals surface area contributed by atoms with E-state index >= 15 is 0 Å². The molecule has 0 aliphatic rings. The number of likely N-dealkylation sites (N-methyl/N-ethyl adjacent to an activating group) is 1. The molecule has 1 aromatic carbocycles. The molecule has 1 unspecified atom stereocenters. The molecule has 1 atom stereocenters. The molecule has 4 heteroatoms. The fourth-order valence-corrected chi connectivity index (χ4v) is 1.36. The van der Waals surface area contributed by atoms with Gasteiger partial charge in [-0.15, -0.1) is 0 Å². The number of halogens is 2. The van der Waals surface area contributed by atoms with Gasteiger partial charge in [-0.1, -0.05) is 12.1 Å². The molecular weight excluding hydrogens is 212 g/mol. The van der Waals surface area contributed by atoms with Crippen LogP contribution < -0.4 is 0 Å². The second kappa shape index (κ2) is 5.37. The first-order valence-corrected chi connectivity index (χ1v) is 5.25. The van der Waals surface area contributed by atoms with E-state index in [1.807, 2.05) is 25.8 Å². The lowest BCUT2D eigenvalue weighted by molar-refractivity contribution is 0.109. The third-order valence-electron chi connectivity index (χ3n) is 2.68. The molecule has 1 aromatic rings. The predicted octanol–water partition coefficient (Wildman–Crippen LogP) is 2.34. The smallest absolute Gasteiger partial charge is 0.164 e. The van der Waals surface area contributed by atoms with Gasteiger partial charge in [-0.25, -0.2) is 8.78 Å². The summed E-state index contributed by atoms with van der Waals surface area (Å²) in [6, 6.07) is 4.08. The quantitative estimate of drug-likeness (QED) is 0.856. The van der Waals surface area contributed by atoms with E-state index in [1.165, 1.54) is 12.1 Å². The Kier molecular flexibility index (Phi) is 4.38. The van der Waals surface area contributed by atoms with Gasteiger partial charge < -0.3 is 10.0 Å². The minimum Gasteiger partial charge on any atom is -0.387 e. The highest BCUT2D eigenvalue weighted by atomic mass is 19.2. The molecule has 90 valence electrons. The van der Waals surface area contributed by atoms with Gasteiger partial charge in [0.25, 0.3) is 0 Å². The Labute approximate surface area is 94.5 Å².